The number of rotatable bonds is 8. The van der Waals surface area contributed by atoms with Crippen LogP contribution in [0, 0.1) is 6.92 Å². The summed E-state index contributed by atoms with van der Waals surface area (Å²) in [5, 5.41) is 4.25. The number of para-hydroxylation sites is 2. The Hall–Kier alpha value is -3.28. The van der Waals surface area contributed by atoms with Gasteiger partial charge in [-0.15, -0.1) is 0 Å². The number of carbonyl (C=O) groups is 2. The van der Waals surface area contributed by atoms with Crippen molar-refractivity contribution in [3.05, 3.63) is 65.9 Å². The summed E-state index contributed by atoms with van der Waals surface area (Å²) >= 11 is 0. The lowest BCUT2D eigenvalue weighted by Gasteiger charge is -2.21. The highest BCUT2D eigenvalue weighted by molar-refractivity contribution is 5.84. The van der Waals surface area contributed by atoms with Crippen molar-refractivity contribution in [1.82, 2.24) is 14.8 Å². The maximum absolute atomic E-state index is 12.9. The first kappa shape index (κ1) is 21.4. The molecule has 0 aliphatic carbocycles. The van der Waals surface area contributed by atoms with Crippen LogP contribution >= 0.6 is 0 Å². The summed E-state index contributed by atoms with van der Waals surface area (Å²) < 4.78 is 7.78. The number of ether oxygens (including phenoxy) is 1. The lowest BCUT2D eigenvalue weighted by Crippen LogP contribution is -2.32. The van der Waals surface area contributed by atoms with Gasteiger partial charge in [-0.05, 0) is 36.9 Å². The second-order valence-corrected chi connectivity index (χ2v) is 7.57. The zero-order valence-electron chi connectivity index (χ0n) is 18.0. The second kappa shape index (κ2) is 9.48. The van der Waals surface area contributed by atoms with Crippen LogP contribution in [0.25, 0.3) is 10.9 Å². The van der Waals surface area contributed by atoms with E-state index in [1.807, 2.05) is 66.9 Å². The quantitative estimate of drug-likeness (QED) is 0.620. The van der Waals surface area contributed by atoms with Crippen LogP contribution in [0.4, 0.5) is 0 Å². The van der Waals surface area contributed by atoms with Crippen molar-refractivity contribution in [2.75, 3.05) is 20.7 Å². The van der Waals surface area contributed by atoms with Crippen molar-refractivity contribution in [1.29, 1.82) is 0 Å². The molecule has 0 fully saturated rings. The Kier molecular flexibility index (Phi) is 6.77. The summed E-state index contributed by atoms with van der Waals surface area (Å²) in [6.45, 7) is 4.24. The molecule has 6 nitrogen and oxygen atoms in total. The number of amides is 2. The van der Waals surface area contributed by atoms with Gasteiger partial charge in [-0.1, -0.05) is 43.3 Å². The van der Waals surface area contributed by atoms with E-state index in [1.54, 1.807) is 14.1 Å². The van der Waals surface area contributed by atoms with Gasteiger partial charge in [-0.3, -0.25) is 9.59 Å². The van der Waals surface area contributed by atoms with Crippen molar-refractivity contribution in [3.8, 4) is 5.75 Å². The minimum Gasteiger partial charge on any atom is -0.483 e. The van der Waals surface area contributed by atoms with Gasteiger partial charge < -0.3 is 19.5 Å². The first-order valence-corrected chi connectivity index (χ1v) is 10.2. The highest BCUT2D eigenvalue weighted by Gasteiger charge is 2.19. The van der Waals surface area contributed by atoms with Crippen LogP contribution in [0.15, 0.2) is 54.6 Å². The number of fused-ring (bicyclic) bond motifs is 1. The Labute approximate surface area is 177 Å². The summed E-state index contributed by atoms with van der Waals surface area (Å²) in [5.74, 6) is 0.435. The van der Waals surface area contributed by atoms with E-state index >= 15 is 0 Å². The highest BCUT2D eigenvalue weighted by Crippen LogP contribution is 2.27. The maximum atomic E-state index is 12.9. The predicted molar refractivity (Wildman–Crippen MR) is 118 cm³/mol. The number of aromatic nitrogens is 1. The zero-order chi connectivity index (χ0) is 21.7. The van der Waals surface area contributed by atoms with Crippen molar-refractivity contribution >= 4 is 22.7 Å². The van der Waals surface area contributed by atoms with Gasteiger partial charge >= 0.3 is 0 Å². The Morgan fingerprint density at radius 1 is 1.10 bits per heavy atom. The Balaban J connectivity index is 1.74. The molecule has 0 saturated heterocycles. The monoisotopic (exact) mass is 407 g/mol. The van der Waals surface area contributed by atoms with Crippen molar-refractivity contribution in [2.24, 2.45) is 0 Å². The fourth-order valence-electron chi connectivity index (χ4n) is 3.51. The summed E-state index contributed by atoms with van der Waals surface area (Å²) in [6.07, 6.45) is 0.707. The predicted octanol–water partition coefficient (Wildman–Crippen LogP) is 3.68. The summed E-state index contributed by atoms with van der Waals surface area (Å²) in [5.41, 5.74) is 2.96. The van der Waals surface area contributed by atoms with E-state index in [4.69, 9.17) is 4.74 Å². The van der Waals surface area contributed by atoms with E-state index in [0.29, 0.717) is 12.2 Å². The Morgan fingerprint density at radius 2 is 1.80 bits per heavy atom. The first-order valence-electron chi connectivity index (χ1n) is 10.2. The van der Waals surface area contributed by atoms with E-state index < -0.39 is 0 Å². The van der Waals surface area contributed by atoms with Gasteiger partial charge in [-0.25, -0.2) is 0 Å². The molecule has 2 amide bonds. The molecule has 3 aromatic rings. The van der Waals surface area contributed by atoms with Crippen LogP contribution in [0.5, 0.6) is 5.75 Å². The molecule has 3 rings (SSSR count). The molecule has 30 heavy (non-hydrogen) atoms. The molecule has 0 saturated carbocycles. The van der Waals surface area contributed by atoms with Crippen LogP contribution < -0.4 is 10.1 Å². The standard InChI is InChI=1S/C24H29N3O3/c1-5-20(19-11-7-9-13-22(19)30-16-24(29)26(3)4)25-23(28)15-27-17(2)14-18-10-6-8-12-21(18)27/h6-14,20H,5,15-16H2,1-4H3,(H,25,28). The zero-order valence-corrected chi connectivity index (χ0v) is 18.0. The molecular weight excluding hydrogens is 378 g/mol. The van der Waals surface area contributed by atoms with Crippen molar-refractivity contribution in [2.45, 2.75) is 32.9 Å². The molecule has 1 heterocycles. The minimum absolute atomic E-state index is 0.0387. The molecule has 1 N–H and O–H groups in total. The van der Waals surface area contributed by atoms with Crippen LogP contribution in [0.3, 0.4) is 0 Å². The van der Waals surface area contributed by atoms with Crippen molar-refractivity contribution < 1.29 is 14.3 Å². The molecule has 0 aliphatic heterocycles. The second-order valence-electron chi connectivity index (χ2n) is 7.57. The average molecular weight is 408 g/mol. The fourth-order valence-corrected chi connectivity index (χ4v) is 3.51. The van der Waals surface area contributed by atoms with Crippen molar-refractivity contribution in [3.63, 3.8) is 0 Å². The molecule has 158 valence electrons. The highest BCUT2D eigenvalue weighted by atomic mass is 16.5. The number of hydrogen-bond donors (Lipinski definition) is 1. The summed E-state index contributed by atoms with van der Waals surface area (Å²) in [7, 11) is 3.39. The van der Waals surface area contributed by atoms with E-state index in [-0.39, 0.29) is 31.0 Å². The number of nitrogens with one attached hydrogen (secondary N) is 1. The lowest BCUT2D eigenvalue weighted by molar-refractivity contribution is -0.130. The number of benzene rings is 2. The van der Waals surface area contributed by atoms with E-state index in [9.17, 15) is 9.59 Å². The molecule has 0 radical (unpaired) electrons. The lowest BCUT2D eigenvalue weighted by atomic mass is 10.0. The Bertz CT molecular complexity index is 1040. The number of aryl methyl sites for hydroxylation is 1. The van der Waals surface area contributed by atoms with Crippen LogP contribution in [0.2, 0.25) is 0 Å². The molecule has 2 aromatic carbocycles. The minimum atomic E-state index is -0.203. The third-order valence-electron chi connectivity index (χ3n) is 5.21. The number of carbonyl (C=O) groups excluding carboxylic acids is 2. The fraction of sp³-hybridized carbons (Fsp3) is 0.333. The molecule has 1 unspecified atom stereocenters. The Morgan fingerprint density at radius 3 is 2.53 bits per heavy atom. The molecule has 1 atom stereocenters. The van der Waals surface area contributed by atoms with Gasteiger partial charge in [0.2, 0.25) is 5.91 Å². The normalized spacial score (nSPS) is 11.9. The van der Waals surface area contributed by atoms with Gasteiger partial charge in [0, 0.05) is 30.9 Å². The van der Waals surface area contributed by atoms with Gasteiger partial charge in [0.15, 0.2) is 6.61 Å². The van der Waals surface area contributed by atoms with Gasteiger partial charge in [0.25, 0.3) is 5.91 Å². The molecule has 6 heteroatoms. The number of likely N-dealkylation sites (N-methyl/N-ethyl adjacent to an activating group) is 1. The van der Waals surface area contributed by atoms with Gasteiger partial charge in [0.05, 0.1) is 6.04 Å². The van der Waals surface area contributed by atoms with Crippen LogP contribution in [-0.2, 0) is 16.1 Å². The largest absolute Gasteiger partial charge is 0.483 e. The third kappa shape index (κ3) is 4.82. The smallest absolute Gasteiger partial charge is 0.259 e. The molecule has 0 aliphatic rings. The van der Waals surface area contributed by atoms with Crippen LogP contribution in [0.1, 0.15) is 30.6 Å². The maximum Gasteiger partial charge on any atom is 0.259 e. The topological polar surface area (TPSA) is 63.6 Å². The summed E-state index contributed by atoms with van der Waals surface area (Å²) in [4.78, 5) is 26.3. The molecule has 0 bridgehead atoms. The molecular formula is C24H29N3O3. The van der Waals surface area contributed by atoms with E-state index in [0.717, 1.165) is 22.2 Å². The van der Waals surface area contributed by atoms with E-state index in [2.05, 4.69) is 11.4 Å². The molecule has 0 spiro atoms. The SMILES string of the molecule is CCC(NC(=O)Cn1c(C)cc2ccccc21)c1ccccc1OCC(=O)N(C)C. The van der Waals surface area contributed by atoms with Gasteiger partial charge in [0.1, 0.15) is 12.3 Å². The third-order valence-corrected chi connectivity index (χ3v) is 5.21. The van der Waals surface area contributed by atoms with Gasteiger partial charge in [-0.2, -0.15) is 0 Å². The van der Waals surface area contributed by atoms with Crippen LogP contribution in [-0.4, -0.2) is 42.0 Å². The number of nitrogens with zero attached hydrogens (tertiary/aromatic N) is 2. The summed E-state index contributed by atoms with van der Waals surface area (Å²) in [6, 6.07) is 17.5. The average Bonchev–Trinajstić information content (AvgIpc) is 3.05. The first-order chi connectivity index (χ1) is 14.4. The molecule has 1 aromatic heterocycles. The number of hydrogen-bond acceptors (Lipinski definition) is 3. The van der Waals surface area contributed by atoms with E-state index in [1.165, 1.54) is 4.90 Å².